The lowest BCUT2D eigenvalue weighted by Crippen LogP contribution is -2.50. The van der Waals surface area contributed by atoms with E-state index in [1.165, 1.54) is 0 Å². The molecule has 0 saturated carbocycles. The molecule has 0 saturated heterocycles. The fourth-order valence-electron chi connectivity index (χ4n) is 3.14. The molecular formula is C23H28Cl2N2O2. The van der Waals surface area contributed by atoms with Gasteiger partial charge in [-0.05, 0) is 44.9 Å². The van der Waals surface area contributed by atoms with E-state index in [-0.39, 0.29) is 30.8 Å². The molecule has 0 unspecified atom stereocenters. The number of halogens is 2. The van der Waals surface area contributed by atoms with Crippen molar-refractivity contribution in [2.75, 3.05) is 0 Å². The molecule has 2 amide bonds. The van der Waals surface area contributed by atoms with Crippen LogP contribution in [0.5, 0.6) is 0 Å². The summed E-state index contributed by atoms with van der Waals surface area (Å²) in [5, 5.41) is 3.87. The molecule has 29 heavy (non-hydrogen) atoms. The van der Waals surface area contributed by atoms with E-state index in [0.29, 0.717) is 22.0 Å². The summed E-state index contributed by atoms with van der Waals surface area (Å²) >= 11 is 12.7. The van der Waals surface area contributed by atoms with Gasteiger partial charge in [0.25, 0.3) is 0 Å². The molecule has 2 rings (SSSR count). The van der Waals surface area contributed by atoms with Crippen LogP contribution < -0.4 is 5.32 Å². The highest BCUT2D eigenvalue weighted by molar-refractivity contribution is 6.36. The van der Waals surface area contributed by atoms with Crippen LogP contribution in [-0.2, 0) is 22.6 Å². The second-order valence-corrected chi connectivity index (χ2v) is 8.29. The standard InChI is InChI=1S/C23H28Cl2N2O2/c1-5-21(23(29)26-15(2)3)27(14-18-19(24)7-6-8-20(18)25)22(28)13-17-11-9-16(4)10-12-17/h6-12,15,21H,5,13-14H2,1-4H3,(H,26,29)/t21-/m1/s1. The molecule has 2 aromatic rings. The summed E-state index contributed by atoms with van der Waals surface area (Å²) in [6.45, 7) is 7.86. The zero-order valence-corrected chi connectivity index (χ0v) is 18.8. The Hall–Kier alpha value is -2.04. The molecule has 0 radical (unpaired) electrons. The number of benzene rings is 2. The number of aryl methyl sites for hydroxylation is 1. The van der Waals surface area contributed by atoms with Gasteiger partial charge in [-0.2, -0.15) is 0 Å². The van der Waals surface area contributed by atoms with E-state index < -0.39 is 6.04 Å². The minimum atomic E-state index is -0.609. The number of nitrogens with zero attached hydrogens (tertiary/aromatic N) is 1. The quantitative estimate of drug-likeness (QED) is 0.622. The van der Waals surface area contributed by atoms with Crippen LogP contribution in [0.25, 0.3) is 0 Å². The van der Waals surface area contributed by atoms with Gasteiger partial charge in [-0.1, -0.05) is 66.0 Å². The van der Waals surface area contributed by atoms with Crippen molar-refractivity contribution in [1.82, 2.24) is 10.2 Å². The molecule has 1 atom stereocenters. The second kappa shape index (κ2) is 10.7. The van der Waals surface area contributed by atoms with Crippen LogP contribution in [0.15, 0.2) is 42.5 Å². The molecule has 6 heteroatoms. The number of hydrogen-bond acceptors (Lipinski definition) is 2. The third-order valence-electron chi connectivity index (χ3n) is 4.68. The molecule has 0 aliphatic heterocycles. The number of carbonyl (C=O) groups is 2. The van der Waals surface area contributed by atoms with Crippen molar-refractivity contribution in [3.63, 3.8) is 0 Å². The van der Waals surface area contributed by atoms with Gasteiger partial charge in [0, 0.05) is 28.2 Å². The largest absolute Gasteiger partial charge is 0.352 e. The summed E-state index contributed by atoms with van der Waals surface area (Å²) in [5.41, 5.74) is 2.67. The van der Waals surface area contributed by atoms with Gasteiger partial charge in [0.1, 0.15) is 6.04 Å². The molecular weight excluding hydrogens is 407 g/mol. The molecule has 156 valence electrons. The fourth-order valence-corrected chi connectivity index (χ4v) is 3.65. The summed E-state index contributed by atoms with van der Waals surface area (Å²) in [6.07, 6.45) is 0.689. The van der Waals surface area contributed by atoms with Gasteiger partial charge in [0.05, 0.1) is 6.42 Å². The lowest BCUT2D eigenvalue weighted by atomic mass is 10.1. The van der Waals surface area contributed by atoms with Gasteiger partial charge in [0.15, 0.2) is 0 Å². The monoisotopic (exact) mass is 434 g/mol. The first-order valence-electron chi connectivity index (χ1n) is 9.81. The van der Waals surface area contributed by atoms with Gasteiger partial charge in [-0.15, -0.1) is 0 Å². The molecule has 2 aromatic carbocycles. The van der Waals surface area contributed by atoms with Crippen molar-refractivity contribution in [3.8, 4) is 0 Å². The first-order chi connectivity index (χ1) is 13.7. The highest BCUT2D eigenvalue weighted by Crippen LogP contribution is 2.27. The van der Waals surface area contributed by atoms with Crippen LogP contribution in [0.2, 0.25) is 10.0 Å². The normalized spacial score (nSPS) is 12.0. The van der Waals surface area contributed by atoms with Crippen LogP contribution in [0.4, 0.5) is 0 Å². The highest BCUT2D eigenvalue weighted by Gasteiger charge is 2.30. The minimum Gasteiger partial charge on any atom is -0.352 e. The SMILES string of the molecule is CC[C@H](C(=O)NC(C)C)N(Cc1c(Cl)cccc1Cl)C(=O)Cc1ccc(C)cc1. The van der Waals surface area contributed by atoms with Crippen LogP contribution in [0.1, 0.15) is 43.9 Å². The van der Waals surface area contributed by atoms with E-state index in [2.05, 4.69) is 5.32 Å². The van der Waals surface area contributed by atoms with Crippen LogP contribution >= 0.6 is 23.2 Å². The minimum absolute atomic E-state index is 0.0190. The number of amides is 2. The molecule has 0 bridgehead atoms. The average molecular weight is 435 g/mol. The Kier molecular flexibility index (Phi) is 8.54. The summed E-state index contributed by atoms with van der Waals surface area (Å²) in [4.78, 5) is 27.7. The number of nitrogens with one attached hydrogen (secondary N) is 1. The maximum absolute atomic E-state index is 13.3. The van der Waals surface area contributed by atoms with Crippen molar-refractivity contribution >= 4 is 35.0 Å². The zero-order valence-electron chi connectivity index (χ0n) is 17.3. The molecule has 0 heterocycles. The Balaban J connectivity index is 2.36. The molecule has 0 spiro atoms. The third kappa shape index (κ3) is 6.48. The highest BCUT2D eigenvalue weighted by atomic mass is 35.5. The van der Waals surface area contributed by atoms with Crippen molar-refractivity contribution in [1.29, 1.82) is 0 Å². The Morgan fingerprint density at radius 1 is 1.03 bits per heavy atom. The Morgan fingerprint density at radius 3 is 2.14 bits per heavy atom. The van der Waals surface area contributed by atoms with Crippen molar-refractivity contribution in [2.24, 2.45) is 0 Å². The molecule has 0 aromatic heterocycles. The lowest BCUT2D eigenvalue weighted by Gasteiger charge is -2.32. The Morgan fingerprint density at radius 2 is 1.62 bits per heavy atom. The fraction of sp³-hybridized carbons (Fsp3) is 0.391. The lowest BCUT2D eigenvalue weighted by molar-refractivity contribution is -0.141. The van der Waals surface area contributed by atoms with Crippen molar-refractivity contribution in [2.45, 2.75) is 59.2 Å². The van der Waals surface area contributed by atoms with Gasteiger partial charge in [-0.25, -0.2) is 0 Å². The smallest absolute Gasteiger partial charge is 0.243 e. The molecule has 4 nitrogen and oxygen atoms in total. The average Bonchev–Trinajstić information content (AvgIpc) is 2.65. The first kappa shape index (κ1) is 23.2. The predicted octanol–water partition coefficient (Wildman–Crippen LogP) is 5.18. The van der Waals surface area contributed by atoms with Gasteiger partial charge in [0.2, 0.25) is 11.8 Å². The topological polar surface area (TPSA) is 49.4 Å². The predicted molar refractivity (Wildman–Crippen MR) is 119 cm³/mol. The van der Waals surface area contributed by atoms with E-state index in [4.69, 9.17) is 23.2 Å². The maximum Gasteiger partial charge on any atom is 0.243 e. The molecule has 0 aliphatic rings. The molecule has 1 N–H and O–H groups in total. The van der Waals surface area contributed by atoms with E-state index in [1.54, 1.807) is 23.1 Å². The van der Waals surface area contributed by atoms with E-state index >= 15 is 0 Å². The van der Waals surface area contributed by atoms with Crippen LogP contribution in [0.3, 0.4) is 0 Å². The van der Waals surface area contributed by atoms with Crippen LogP contribution in [-0.4, -0.2) is 28.8 Å². The number of carbonyl (C=O) groups excluding carboxylic acids is 2. The van der Waals surface area contributed by atoms with Gasteiger partial charge >= 0.3 is 0 Å². The zero-order chi connectivity index (χ0) is 21.6. The van der Waals surface area contributed by atoms with Crippen LogP contribution in [0, 0.1) is 6.92 Å². The summed E-state index contributed by atoms with van der Waals surface area (Å²) in [7, 11) is 0. The number of rotatable bonds is 8. The maximum atomic E-state index is 13.3. The van der Waals surface area contributed by atoms with Gasteiger partial charge < -0.3 is 10.2 Å². The van der Waals surface area contributed by atoms with E-state index in [0.717, 1.165) is 11.1 Å². The Bertz CT molecular complexity index is 830. The summed E-state index contributed by atoms with van der Waals surface area (Å²) < 4.78 is 0. The number of hydrogen-bond donors (Lipinski definition) is 1. The Labute approximate surface area is 183 Å². The third-order valence-corrected chi connectivity index (χ3v) is 5.39. The van der Waals surface area contributed by atoms with Gasteiger partial charge in [-0.3, -0.25) is 9.59 Å². The molecule has 0 fully saturated rings. The van der Waals surface area contributed by atoms with Crippen molar-refractivity contribution in [3.05, 3.63) is 69.2 Å². The van der Waals surface area contributed by atoms with E-state index in [9.17, 15) is 9.59 Å². The second-order valence-electron chi connectivity index (χ2n) is 7.47. The molecule has 0 aliphatic carbocycles. The summed E-state index contributed by atoms with van der Waals surface area (Å²) in [6, 6.07) is 12.4. The van der Waals surface area contributed by atoms with E-state index in [1.807, 2.05) is 52.0 Å². The van der Waals surface area contributed by atoms with Crippen molar-refractivity contribution < 1.29 is 9.59 Å². The summed E-state index contributed by atoms with van der Waals surface area (Å²) in [5.74, 6) is -0.321. The first-order valence-corrected chi connectivity index (χ1v) is 10.6.